The number of ether oxygens (including phenoxy) is 1. The van der Waals surface area contributed by atoms with Crippen molar-refractivity contribution in [1.82, 2.24) is 0 Å². The molecule has 0 radical (unpaired) electrons. The van der Waals surface area contributed by atoms with Crippen molar-refractivity contribution in [2.75, 3.05) is 6.61 Å². The Morgan fingerprint density at radius 3 is 2.64 bits per heavy atom. The van der Waals surface area contributed by atoms with Crippen LogP contribution in [0.25, 0.3) is 33.1 Å². The van der Waals surface area contributed by atoms with Gasteiger partial charge in [-0.25, -0.2) is 0 Å². The fourth-order valence-corrected chi connectivity index (χ4v) is 3.87. The van der Waals surface area contributed by atoms with Gasteiger partial charge in [0, 0.05) is 16.3 Å². The van der Waals surface area contributed by atoms with Gasteiger partial charge in [-0.2, -0.15) is 0 Å². The third kappa shape index (κ3) is 3.01. The van der Waals surface area contributed by atoms with Crippen LogP contribution in [0, 0.1) is 0 Å². The van der Waals surface area contributed by atoms with Gasteiger partial charge in [0.2, 0.25) is 0 Å². The van der Waals surface area contributed by atoms with E-state index in [0.717, 1.165) is 51.7 Å². The molecule has 0 atom stereocenters. The number of para-hydroxylation sites is 2. The Labute approximate surface area is 164 Å². The molecule has 0 unspecified atom stereocenters. The van der Waals surface area contributed by atoms with E-state index in [1.54, 1.807) is 0 Å². The summed E-state index contributed by atoms with van der Waals surface area (Å²) in [6.07, 6.45) is 8.47. The first-order valence-corrected chi connectivity index (χ1v) is 9.76. The third-order valence-electron chi connectivity index (χ3n) is 5.39. The summed E-state index contributed by atoms with van der Waals surface area (Å²) in [6, 6.07) is 21.0. The predicted molar refractivity (Wildman–Crippen MR) is 116 cm³/mol. The zero-order valence-corrected chi connectivity index (χ0v) is 15.9. The zero-order valence-electron chi connectivity index (χ0n) is 15.9. The van der Waals surface area contributed by atoms with Crippen LogP contribution in [0.2, 0.25) is 0 Å². The summed E-state index contributed by atoms with van der Waals surface area (Å²) >= 11 is 0. The van der Waals surface area contributed by atoms with Gasteiger partial charge in [-0.05, 0) is 49.1 Å². The van der Waals surface area contributed by atoms with Crippen molar-refractivity contribution in [3.05, 3.63) is 90.0 Å². The highest BCUT2D eigenvalue weighted by Crippen LogP contribution is 2.38. The summed E-state index contributed by atoms with van der Waals surface area (Å²) in [6.45, 7) is 2.78. The molecule has 0 N–H and O–H groups in total. The Balaban J connectivity index is 1.67. The molecule has 1 aliphatic rings. The lowest BCUT2D eigenvalue weighted by atomic mass is 9.97. The maximum Gasteiger partial charge on any atom is 0.135 e. The molecule has 2 heteroatoms. The van der Waals surface area contributed by atoms with E-state index in [9.17, 15) is 0 Å². The Bertz CT molecular complexity index is 1220. The monoisotopic (exact) mass is 366 g/mol. The van der Waals surface area contributed by atoms with Crippen LogP contribution in [0.4, 0.5) is 0 Å². The summed E-state index contributed by atoms with van der Waals surface area (Å²) in [5, 5.41) is 2.29. The molecule has 0 aliphatic carbocycles. The van der Waals surface area contributed by atoms with Crippen molar-refractivity contribution < 1.29 is 9.15 Å². The van der Waals surface area contributed by atoms with E-state index >= 15 is 0 Å². The summed E-state index contributed by atoms with van der Waals surface area (Å²) in [7, 11) is 0. The molecule has 0 fully saturated rings. The second-order valence-corrected chi connectivity index (χ2v) is 7.34. The smallest absolute Gasteiger partial charge is 0.135 e. The maximum atomic E-state index is 6.23. The van der Waals surface area contributed by atoms with E-state index < -0.39 is 0 Å². The average Bonchev–Trinajstić information content (AvgIpc) is 3.10. The molecule has 3 aromatic carbocycles. The van der Waals surface area contributed by atoms with Gasteiger partial charge < -0.3 is 9.15 Å². The van der Waals surface area contributed by atoms with Crippen LogP contribution in [0.1, 0.15) is 18.9 Å². The van der Waals surface area contributed by atoms with Gasteiger partial charge in [-0.15, -0.1) is 0 Å². The fraction of sp³-hybridized carbons (Fsp3) is 0.154. The molecule has 4 aromatic rings. The van der Waals surface area contributed by atoms with Crippen molar-refractivity contribution in [1.29, 1.82) is 0 Å². The standard InChI is InChI=1S/C26H22O2/c1-18-7-4-5-16-27-26-19(13-12-18)8-6-10-21(26)20-14-15-25-23(17-20)22-9-2-3-11-24(22)28-25/h2-6,8-12,14-15,17H,7,13,16H2,1H3/b5-4-,18-12-. The second-order valence-electron chi connectivity index (χ2n) is 7.34. The molecule has 28 heavy (non-hydrogen) atoms. The Kier molecular flexibility index (Phi) is 4.25. The molecule has 2 nitrogen and oxygen atoms in total. The number of rotatable bonds is 1. The molecule has 0 saturated heterocycles. The van der Waals surface area contributed by atoms with E-state index in [-0.39, 0.29) is 0 Å². The second kappa shape index (κ2) is 7.05. The molecule has 138 valence electrons. The third-order valence-corrected chi connectivity index (χ3v) is 5.39. The number of hydrogen-bond acceptors (Lipinski definition) is 2. The lowest BCUT2D eigenvalue weighted by Gasteiger charge is -2.16. The van der Waals surface area contributed by atoms with E-state index in [1.165, 1.54) is 11.1 Å². The molecule has 2 heterocycles. The minimum atomic E-state index is 0.591. The molecule has 1 aromatic heterocycles. The molecule has 0 amide bonds. The number of benzene rings is 3. The Morgan fingerprint density at radius 2 is 1.68 bits per heavy atom. The van der Waals surface area contributed by atoms with Crippen molar-refractivity contribution in [2.45, 2.75) is 19.8 Å². The number of hydrogen-bond donors (Lipinski definition) is 0. The topological polar surface area (TPSA) is 22.4 Å². The van der Waals surface area contributed by atoms with Gasteiger partial charge in [0.05, 0.1) is 0 Å². The van der Waals surface area contributed by atoms with Crippen LogP contribution in [0.3, 0.4) is 0 Å². The first-order chi connectivity index (χ1) is 13.8. The highest BCUT2D eigenvalue weighted by atomic mass is 16.5. The molecular weight excluding hydrogens is 344 g/mol. The molecule has 5 rings (SSSR count). The molecule has 0 spiro atoms. The summed E-state index contributed by atoms with van der Waals surface area (Å²) in [5.74, 6) is 0.977. The summed E-state index contributed by atoms with van der Waals surface area (Å²) < 4.78 is 12.2. The average molecular weight is 366 g/mol. The van der Waals surface area contributed by atoms with Gasteiger partial charge in [0.25, 0.3) is 0 Å². The van der Waals surface area contributed by atoms with Crippen molar-refractivity contribution in [3.63, 3.8) is 0 Å². The highest BCUT2D eigenvalue weighted by molar-refractivity contribution is 6.06. The van der Waals surface area contributed by atoms with E-state index in [0.29, 0.717) is 6.61 Å². The van der Waals surface area contributed by atoms with Crippen molar-refractivity contribution in [2.24, 2.45) is 0 Å². The van der Waals surface area contributed by atoms with Crippen LogP contribution in [-0.2, 0) is 6.42 Å². The van der Waals surface area contributed by atoms with E-state index in [1.807, 2.05) is 12.1 Å². The Morgan fingerprint density at radius 1 is 0.786 bits per heavy atom. The van der Waals surface area contributed by atoms with Crippen LogP contribution < -0.4 is 4.74 Å². The first kappa shape index (κ1) is 16.9. The maximum absolute atomic E-state index is 6.23. The highest BCUT2D eigenvalue weighted by Gasteiger charge is 2.14. The van der Waals surface area contributed by atoms with E-state index in [4.69, 9.17) is 9.15 Å². The van der Waals surface area contributed by atoms with Crippen molar-refractivity contribution >= 4 is 21.9 Å². The summed E-state index contributed by atoms with van der Waals surface area (Å²) in [4.78, 5) is 0. The van der Waals surface area contributed by atoms with Crippen LogP contribution in [0.15, 0.2) is 88.9 Å². The molecular formula is C26H22O2. The van der Waals surface area contributed by atoms with Crippen molar-refractivity contribution in [3.8, 4) is 16.9 Å². The summed E-state index contributed by atoms with van der Waals surface area (Å²) in [5.41, 5.74) is 6.74. The SMILES string of the molecule is C/C1=C/Cc2cccc(-c3ccc4oc5ccccc5c4c3)c2OC/C=C\C1. The Hall–Kier alpha value is -3.26. The lowest BCUT2D eigenvalue weighted by Crippen LogP contribution is -2.01. The van der Waals surface area contributed by atoms with Gasteiger partial charge in [0.15, 0.2) is 0 Å². The largest absolute Gasteiger partial charge is 0.489 e. The van der Waals surface area contributed by atoms with Gasteiger partial charge in [0.1, 0.15) is 23.5 Å². The number of furan rings is 1. The van der Waals surface area contributed by atoms with Gasteiger partial charge >= 0.3 is 0 Å². The van der Waals surface area contributed by atoms with Gasteiger partial charge in [-0.3, -0.25) is 0 Å². The van der Waals surface area contributed by atoms with Crippen LogP contribution in [0.5, 0.6) is 5.75 Å². The normalized spacial score (nSPS) is 17.5. The fourth-order valence-electron chi connectivity index (χ4n) is 3.87. The van der Waals surface area contributed by atoms with Gasteiger partial charge in [-0.1, -0.05) is 66.3 Å². The molecule has 0 bridgehead atoms. The first-order valence-electron chi connectivity index (χ1n) is 9.76. The minimum absolute atomic E-state index is 0.591. The van der Waals surface area contributed by atoms with Crippen LogP contribution >= 0.6 is 0 Å². The molecule has 0 saturated carbocycles. The quantitative estimate of drug-likeness (QED) is 0.336. The molecule has 1 aliphatic heterocycles. The van der Waals surface area contributed by atoms with Crippen LogP contribution in [-0.4, -0.2) is 6.61 Å². The van der Waals surface area contributed by atoms with E-state index in [2.05, 4.69) is 73.7 Å². The number of allylic oxidation sites excluding steroid dienone is 3. The predicted octanol–water partition coefficient (Wildman–Crippen LogP) is 7.08. The number of fused-ring (bicyclic) bond motifs is 4. The lowest BCUT2D eigenvalue weighted by molar-refractivity contribution is 0.360. The minimum Gasteiger partial charge on any atom is -0.489 e. The zero-order chi connectivity index (χ0) is 18.9.